The third-order valence-electron chi connectivity index (χ3n) is 8.84. The Bertz CT molecular complexity index is 2630. The van der Waals surface area contributed by atoms with Gasteiger partial charge in [-0.2, -0.15) is 0 Å². The number of rotatable bonds is 2. The molecular weight excluding hydrogens is 540 g/mol. The SMILES string of the molecule is c1ccc2c3c(ccc2c1)N(c1nc(-c2cccc4cccnc24)c2oc4ccccc4c2n1)c1cccc2cccc-3c12. The molecule has 204 valence electrons. The van der Waals surface area contributed by atoms with Crippen LogP contribution in [-0.4, -0.2) is 15.0 Å². The molecule has 44 heavy (non-hydrogen) atoms. The smallest absolute Gasteiger partial charge is 0.236 e. The Morgan fingerprint density at radius 1 is 0.523 bits per heavy atom. The predicted octanol–water partition coefficient (Wildman–Crippen LogP) is 10.3. The number of anilines is 3. The van der Waals surface area contributed by atoms with Gasteiger partial charge in [-0.3, -0.25) is 9.88 Å². The van der Waals surface area contributed by atoms with Crippen molar-refractivity contribution in [2.24, 2.45) is 0 Å². The van der Waals surface area contributed by atoms with Crippen LogP contribution in [0.4, 0.5) is 17.3 Å². The summed E-state index contributed by atoms with van der Waals surface area (Å²) in [5.74, 6) is 0.588. The average Bonchev–Trinajstić information content (AvgIpc) is 3.46. The van der Waals surface area contributed by atoms with Crippen LogP contribution in [-0.2, 0) is 0 Å². The third-order valence-corrected chi connectivity index (χ3v) is 8.84. The zero-order valence-corrected chi connectivity index (χ0v) is 23.4. The van der Waals surface area contributed by atoms with Gasteiger partial charge >= 0.3 is 0 Å². The highest BCUT2D eigenvalue weighted by Crippen LogP contribution is 2.53. The van der Waals surface area contributed by atoms with Crippen LogP contribution < -0.4 is 4.90 Å². The summed E-state index contributed by atoms with van der Waals surface area (Å²) < 4.78 is 6.50. The maximum atomic E-state index is 6.50. The van der Waals surface area contributed by atoms with Gasteiger partial charge in [0.2, 0.25) is 5.95 Å². The van der Waals surface area contributed by atoms with E-state index >= 15 is 0 Å². The molecule has 0 saturated heterocycles. The highest BCUT2D eigenvalue weighted by atomic mass is 16.3. The molecule has 0 aliphatic carbocycles. The third kappa shape index (κ3) is 3.15. The fourth-order valence-corrected chi connectivity index (χ4v) is 6.95. The topological polar surface area (TPSA) is 55.1 Å². The number of hydrogen-bond acceptors (Lipinski definition) is 5. The summed E-state index contributed by atoms with van der Waals surface area (Å²) in [5.41, 5.74) is 9.21. The van der Waals surface area contributed by atoms with Crippen LogP contribution in [0.25, 0.3) is 76.9 Å². The summed E-state index contributed by atoms with van der Waals surface area (Å²) in [4.78, 5) is 17.7. The Hall–Kier alpha value is -6.07. The van der Waals surface area contributed by atoms with Gasteiger partial charge in [-0.25, -0.2) is 9.97 Å². The van der Waals surface area contributed by atoms with E-state index in [9.17, 15) is 0 Å². The Morgan fingerprint density at radius 2 is 1.27 bits per heavy atom. The molecule has 0 fully saturated rings. The molecule has 0 radical (unpaired) electrons. The van der Waals surface area contributed by atoms with Crippen LogP contribution in [0.2, 0.25) is 0 Å². The number of aromatic nitrogens is 3. The highest BCUT2D eigenvalue weighted by Gasteiger charge is 2.30. The molecule has 0 spiro atoms. The summed E-state index contributed by atoms with van der Waals surface area (Å²) in [7, 11) is 0. The zero-order valence-electron chi connectivity index (χ0n) is 23.4. The normalized spacial score (nSPS) is 12.5. The molecule has 0 atom stereocenters. The van der Waals surface area contributed by atoms with E-state index in [1.165, 1.54) is 32.7 Å². The van der Waals surface area contributed by atoms with Crippen molar-refractivity contribution in [1.82, 2.24) is 15.0 Å². The minimum atomic E-state index is 0.588. The van der Waals surface area contributed by atoms with Crippen LogP contribution >= 0.6 is 0 Å². The van der Waals surface area contributed by atoms with E-state index in [0.29, 0.717) is 11.5 Å². The summed E-state index contributed by atoms with van der Waals surface area (Å²) >= 11 is 0. The van der Waals surface area contributed by atoms with Crippen molar-refractivity contribution in [3.05, 3.63) is 134 Å². The van der Waals surface area contributed by atoms with Crippen LogP contribution in [0.3, 0.4) is 0 Å². The molecular formula is C39H22N4O. The van der Waals surface area contributed by atoms with Crippen LogP contribution in [0.1, 0.15) is 0 Å². The molecule has 0 bridgehead atoms. The van der Waals surface area contributed by atoms with Crippen molar-refractivity contribution in [3.8, 4) is 22.4 Å². The number of pyridine rings is 1. The first-order chi connectivity index (χ1) is 21.8. The fraction of sp³-hybridized carbons (Fsp3) is 0. The zero-order chi connectivity index (χ0) is 28.8. The van der Waals surface area contributed by atoms with Crippen molar-refractivity contribution in [3.63, 3.8) is 0 Å². The van der Waals surface area contributed by atoms with Gasteiger partial charge in [0.25, 0.3) is 0 Å². The maximum absolute atomic E-state index is 6.50. The largest absolute Gasteiger partial charge is 0.452 e. The van der Waals surface area contributed by atoms with E-state index in [1.807, 2.05) is 30.5 Å². The molecule has 0 amide bonds. The number of hydrogen-bond donors (Lipinski definition) is 0. The first kappa shape index (κ1) is 23.5. The van der Waals surface area contributed by atoms with Gasteiger partial charge in [0.1, 0.15) is 16.8 Å². The Labute approximate surface area is 251 Å². The van der Waals surface area contributed by atoms with Gasteiger partial charge in [-0.1, -0.05) is 97.1 Å². The van der Waals surface area contributed by atoms with E-state index in [1.54, 1.807) is 0 Å². The van der Waals surface area contributed by atoms with Crippen molar-refractivity contribution in [1.29, 1.82) is 0 Å². The standard InChI is InChI=1S/C39H22N4O/c1-2-14-26-23(9-1)20-21-31-34(26)28-16-5-10-24-11-7-18-30(33(24)28)43(31)39-41-36-27-15-3-4-19-32(27)44-38(36)37(42-39)29-17-6-12-25-13-8-22-40-35(25)29/h1-22H. The predicted molar refractivity (Wildman–Crippen MR) is 179 cm³/mol. The number of fused-ring (bicyclic) bond motifs is 8. The van der Waals surface area contributed by atoms with E-state index in [4.69, 9.17) is 19.4 Å². The quantitative estimate of drug-likeness (QED) is 0.210. The molecule has 6 aromatic carbocycles. The van der Waals surface area contributed by atoms with Gasteiger partial charge in [-0.05, 0) is 52.1 Å². The van der Waals surface area contributed by atoms with Crippen LogP contribution in [0, 0.1) is 0 Å². The highest BCUT2D eigenvalue weighted by molar-refractivity contribution is 6.19. The lowest BCUT2D eigenvalue weighted by atomic mass is 9.88. The Balaban J connectivity index is 1.37. The van der Waals surface area contributed by atoms with Crippen molar-refractivity contribution in [2.75, 3.05) is 4.90 Å². The molecule has 10 rings (SSSR count). The lowest BCUT2D eigenvalue weighted by molar-refractivity contribution is 0.667. The van der Waals surface area contributed by atoms with Gasteiger partial charge < -0.3 is 4.42 Å². The molecule has 1 aliphatic rings. The fourth-order valence-electron chi connectivity index (χ4n) is 6.95. The number of furan rings is 1. The van der Waals surface area contributed by atoms with Crippen molar-refractivity contribution in [2.45, 2.75) is 0 Å². The summed E-state index contributed by atoms with van der Waals surface area (Å²) in [6.07, 6.45) is 1.83. The van der Waals surface area contributed by atoms with Crippen LogP contribution in [0.15, 0.2) is 138 Å². The monoisotopic (exact) mass is 562 g/mol. The molecule has 9 aromatic rings. The maximum Gasteiger partial charge on any atom is 0.236 e. The molecule has 3 aromatic heterocycles. The van der Waals surface area contributed by atoms with Crippen molar-refractivity contribution < 1.29 is 4.42 Å². The van der Waals surface area contributed by atoms with Gasteiger partial charge in [-0.15, -0.1) is 0 Å². The molecule has 4 heterocycles. The molecule has 0 N–H and O–H groups in total. The molecule has 5 heteroatoms. The number of para-hydroxylation sites is 2. The Morgan fingerprint density at radius 3 is 2.20 bits per heavy atom. The molecule has 0 unspecified atom stereocenters. The summed E-state index contributed by atoms with van der Waals surface area (Å²) in [6.45, 7) is 0. The second-order valence-electron chi connectivity index (χ2n) is 11.2. The number of benzene rings is 6. The second-order valence-corrected chi connectivity index (χ2v) is 11.2. The van der Waals surface area contributed by atoms with Gasteiger partial charge in [0, 0.05) is 33.5 Å². The lowest BCUT2D eigenvalue weighted by Gasteiger charge is -2.32. The summed E-state index contributed by atoms with van der Waals surface area (Å²) in [6, 6.07) is 44.3. The van der Waals surface area contributed by atoms with E-state index in [0.717, 1.165) is 50.0 Å². The molecule has 5 nitrogen and oxygen atoms in total. The van der Waals surface area contributed by atoms with Crippen LogP contribution in [0.5, 0.6) is 0 Å². The van der Waals surface area contributed by atoms with Crippen molar-refractivity contribution >= 4 is 71.8 Å². The average molecular weight is 563 g/mol. The van der Waals surface area contributed by atoms with Gasteiger partial charge in [0.05, 0.1) is 16.9 Å². The van der Waals surface area contributed by atoms with E-state index < -0.39 is 0 Å². The minimum absolute atomic E-state index is 0.588. The van der Waals surface area contributed by atoms with E-state index in [2.05, 4.69) is 108 Å². The second kappa shape index (κ2) is 8.72. The molecule has 0 saturated carbocycles. The number of nitrogens with zero attached hydrogens (tertiary/aromatic N) is 4. The van der Waals surface area contributed by atoms with Gasteiger partial charge in [0.15, 0.2) is 5.58 Å². The lowest BCUT2D eigenvalue weighted by Crippen LogP contribution is -2.18. The van der Waals surface area contributed by atoms with E-state index in [-0.39, 0.29) is 0 Å². The first-order valence-corrected chi connectivity index (χ1v) is 14.7. The Kier molecular flexibility index (Phi) is 4.66. The first-order valence-electron chi connectivity index (χ1n) is 14.7. The summed E-state index contributed by atoms with van der Waals surface area (Å²) in [5, 5.41) is 6.76. The molecule has 1 aliphatic heterocycles. The minimum Gasteiger partial charge on any atom is -0.452 e.